The third kappa shape index (κ3) is 4.85. The number of aryl methyl sites for hydroxylation is 1. The van der Waals surface area contributed by atoms with Gasteiger partial charge in [-0.1, -0.05) is 42.5 Å². The number of rotatable bonds is 7. The summed E-state index contributed by atoms with van der Waals surface area (Å²) in [7, 11) is 1.54. The molecule has 2 unspecified atom stereocenters. The molecule has 4 aromatic rings. The lowest BCUT2D eigenvalue weighted by atomic mass is 9.85. The van der Waals surface area contributed by atoms with E-state index in [4.69, 9.17) is 14.5 Å². The number of hydrogen-bond donors (Lipinski definition) is 0. The molecule has 0 N–H and O–H groups in total. The minimum absolute atomic E-state index is 0.171. The minimum atomic E-state index is -0.641. The van der Waals surface area contributed by atoms with Crippen molar-refractivity contribution in [2.24, 2.45) is 11.8 Å². The zero-order chi connectivity index (χ0) is 29.4. The lowest BCUT2D eigenvalue weighted by molar-refractivity contribution is -0.122. The topological polar surface area (TPSA) is 103 Å². The quantitative estimate of drug-likeness (QED) is 0.123. The Kier molecular flexibility index (Phi) is 7.12. The van der Waals surface area contributed by atoms with E-state index in [2.05, 4.69) is 0 Å². The van der Waals surface area contributed by atoms with Crippen molar-refractivity contribution in [2.45, 2.75) is 19.8 Å². The molecule has 0 radical (unpaired) electrons. The SMILES string of the molecule is COc1ccc(C(=O)COC(=O)c2cc(-c3ccc(N4C(=O)C5CC=CCC5C4=O)cc3)nc3c(C)cccc23)cc1. The van der Waals surface area contributed by atoms with Crippen LogP contribution in [-0.2, 0) is 14.3 Å². The monoisotopic (exact) mass is 560 g/mol. The first-order chi connectivity index (χ1) is 20.4. The van der Waals surface area contributed by atoms with Gasteiger partial charge < -0.3 is 9.47 Å². The van der Waals surface area contributed by atoms with Crippen molar-refractivity contribution >= 4 is 40.2 Å². The van der Waals surface area contributed by atoms with Crippen molar-refractivity contribution in [1.82, 2.24) is 4.98 Å². The molecule has 1 aliphatic carbocycles. The van der Waals surface area contributed by atoms with Crippen LogP contribution in [-0.4, -0.2) is 42.3 Å². The molecule has 0 bridgehead atoms. The van der Waals surface area contributed by atoms with Gasteiger partial charge in [0, 0.05) is 16.5 Å². The molecule has 2 atom stereocenters. The number of carbonyl (C=O) groups excluding carboxylic acids is 4. The molecular weight excluding hydrogens is 532 g/mol. The van der Waals surface area contributed by atoms with Crippen molar-refractivity contribution in [2.75, 3.05) is 18.6 Å². The molecule has 1 aromatic heterocycles. The van der Waals surface area contributed by atoms with Crippen LogP contribution in [0.3, 0.4) is 0 Å². The van der Waals surface area contributed by atoms with Gasteiger partial charge >= 0.3 is 5.97 Å². The number of esters is 1. The van der Waals surface area contributed by atoms with Crippen LogP contribution >= 0.6 is 0 Å². The van der Waals surface area contributed by atoms with Gasteiger partial charge in [-0.2, -0.15) is 0 Å². The second kappa shape index (κ2) is 11.0. The van der Waals surface area contributed by atoms with Crippen molar-refractivity contribution in [3.8, 4) is 17.0 Å². The van der Waals surface area contributed by atoms with E-state index in [1.807, 2.05) is 31.2 Å². The number of fused-ring (bicyclic) bond motifs is 2. The van der Waals surface area contributed by atoms with Crippen molar-refractivity contribution in [3.63, 3.8) is 0 Å². The van der Waals surface area contributed by atoms with Gasteiger partial charge in [-0.15, -0.1) is 0 Å². The van der Waals surface area contributed by atoms with Gasteiger partial charge in [0.05, 0.1) is 41.4 Å². The first-order valence-corrected chi connectivity index (χ1v) is 13.7. The Bertz CT molecular complexity index is 1730. The molecule has 1 aliphatic heterocycles. The highest BCUT2D eigenvalue weighted by atomic mass is 16.5. The fourth-order valence-electron chi connectivity index (χ4n) is 5.61. The molecule has 8 heteroatoms. The van der Waals surface area contributed by atoms with Gasteiger partial charge in [0.25, 0.3) is 0 Å². The van der Waals surface area contributed by atoms with E-state index >= 15 is 0 Å². The molecule has 1 saturated heterocycles. The standard InChI is InChI=1S/C34H28N2O6/c1-20-6-5-9-25-28(34(40)42-19-30(37)22-12-16-24(41-2)17-13-22)18-29(35-31(20)25)21-10-14-23(15-11-21)36-32(38)26-7-3-4-8-27(26)33(36)39/h3-6,9-18,26-27H,7-8,19H2,1-2H3. The van der Waals surface area contributed by atoms with E-state index in [1.54, 1.807) is 67.8 Å². The molecule has 0 spiro atoms. The van der Waals surface area contributed by atoms with Crippen LogP contribution in [0.5, 0.6) is 5.75 Å². The lowest BCUT2D eigenvalue weighted by Crippen LogP contribution is -2.30. The Morgan fingerprint density at radius 2 is 1.57 bits per heavy atom. The summed E-state index contributed by atoms with van der Waals surface area (Å²) in [6, 6.07) is 20.8. The highest BCUT2D eigenvalue weighted by Crippen LogP contribution is 2.38. The van der Waals surface area contributed by atoms with Crippen LogP contribution in [0.2, 0.25) is 0 Å². The smallest absolute Gasteiger partial charge is 0.339 e. The summed E-state index contributed by atoms with van der Waals surface area (Å²) in [5.74, 6) is -1.31. The minimum Gasteiger partial charge on any atom is -0.497 e. The average molecular weight is 561 g/mol. The van der Waals surface area contributed by atoms with Gasteiger partial charge in [-0.05, 0) is 67.8 Å². The molecule has 1 fully saturated rings. The Morgan fingerprint density at radius 1 is 0.905 bits per heavy atom. The zero-order valence-electron chi connectivity index (χ0n) is 23.2. The summed E-state index contributed by atoms with van der Waals surface area (Å²) >= 11 is 0. The molecule has 8 nitrogen and oxygen atoms in total. The van der Waals surface area contributed by atoms with Crippen LogP contribution in [0.25, 0.3) is 22.2 Å². The maximum absolute atomic E-state index is 13.3. The number of allylic oxidation sites excluding steroid dienone is 2. The van der Waals surface area contributed by atoms with E-state index in [0.29, 0.717) is 52.0 Å². The van der Waals surface area contributed by atoms with Crippen LogP contribution in [0.15, 0.2) is 84.9 Å². The second-order valence-corrected chi connectivity index (χ2v) is 10.5. The fourth-order valence-corrected chi connectivity index (χ4v) is 5.61. The Morgan fingerprint density at radius 3 is 2.21 bits per heavy atom. The number of anilines is 1. The largest absolute Gasteiger partial charge is 0.497 e. The molecule has 3 aromatic carbocycles. The molecule has 2 heterocycles. The third-order valence-electron chi connectivity index (χ3n) is 7.94. The third-order valence-corrected chi connectivity index (χ3v) is 7.94. The number of benzene rings is 3. The number of para-hydroxylation sites is 1. The number of methoxy groups -OCH3 is 1. The van der Waals surface area contributed by atoms with Gasteiger partial charge in [0.2, 0.25) is 11.8 Å². The number of ether oxygens (including phenoxy) is 2. The first kappa shape index (κ1) is 27.1. The van der Waals surface area contributed by atoms with E-state index in [-0.39, 0.29) is 35.0 Å². The van der Waals surface area contributed by atoms with Gasteiger partial charge in [0.1, 0.15) is 5.75 Å². The summed E-state index contributed by atoms with van der Waals surface area (Å²) in [6.07, 6.45) is 5.08. The number of nitrogens with zero attached hydrogens (tertiary/aromatic N) is 2. The number of amides is 2. The van der Waals surface area contributed by atoms with Crippen LogP contribution in [0.4, 0.5) is 5.69 Å². The van der Waals surface area contributed by atoms with Crippen molar-refractivity contribution < 1.29 is 28.7 Å². The predicted octanol–water partition coefficient (Wildman–Crippen LogP) is 5.71. The predicted molar refractivity (Wildman–Crippen MR) is 157 cm³/mol. The van der Waals surface area contributed by atoms with E-state index in [9.17, 15) is 19.2 Å². The van der Waals surface area contributed by atoms with E-state index in [0.717, 1.165) is 5.56 Å². The van der Waals surface area contributed by atoms with Gasteiger partial charge in [-0.3, -0.25) is 19.3 Å². The Balaban J connectivity index is 1.27. The number of imide groups is 1. The van der Waals surface area contributed by atoms with Gasteiger partial charge in [-0.25, -0.2) is 9.78 Å². The molecule has 210 valence electrons. The average Bonchev–Trinajstić information content (AvgIpc) is 3.28. The molecule has 0 saturated carbocycles. The Hall–Kier alpha value is -5.11. The number of Topliss-reactive ketones (excluding diaryl/α,β-unsaturated/α-hetero) is 1. The van der Waals surface area contributed by atoms with E-state index < -0.39 is 12.6 Å². The summed E-state index contributed by atoms with van der Waals surface area (Å²) in [5.41, 5.74) is 3.93. The highest BCUT2D eigenvalue weighted by molar-refractivity contribution is 6.22. The number of carbonyl (C=O) groups is 4. The Labute approximate surface area is 242 Å². The van der Waals surface area contributed by atoms with E-state index in [1.165, 1.54) is 4.90 Å². The number of hydrogen-bond acceptors (Lipinski definition) is 7. The second-order valence-electron chi connectivity index (χ2n) is 10.5. The molecule has 6 rings (SSSR count). The van der Waals surface area contributed by atoms with Crippen LogP contribution in [0, 0.1) is 18.8 Å². The van der Waals surface area contributed by atoms with Crippen molar-refractivity contribution in [3.05, 3.63) is 102 Å². The number of aromatic nitrogens is 1. The molecular formula is C34H28N2O6. The number of ketones is 1. The van der Waals surface area contributed by atoms with Crippen LogP contribution < -0.4 is 9.64 Å². The molecule has 2 amide bonds. The summed E-state index contributed by atoms with van der Waals surface area (Å²) in [4.78, 5) is 58.1. The van der Waals surface area contributed by atoms with Crippen molar-refractivity contribution in [1.29, 1.82) is 0 Å². The molecule has 42 heavy (non-hydrogen) atoms. The first-order valence-electron chi connectivity index (χ1n) is 13.7. The highest BCUT2D eigenvalue weighted by Gasteiger charge is 2.47. The number of pyridine rings is 1. The maximum Gasteiger partial charge on any atom is 0.339 e. The normalized spacial score (nSPS) is 17.8. The maximum atomic E-state index is 13.3. The summed E-state index contributed by atoms with van der Waals surface area (Å²) in [5, 5.41) is 0.613. The van der Waals surface area contributed by atoms with Gasteiger partial charge in [0.15, 0.2) is 12.4 Å². The fraction of sp³-hybridized carbons (Fsp3) is 0.206. The summed E-state index contributed by atoms with van der Waals surface area (Å²) < 4.78 is 10.6. The zero-order valence-corrected chi connectivity index (χ0v) is 23.2. The van der Waals surface area contributed by atoms with Crippen LogP contribution in [0.1, 0.15) is 39.1 Å². The lowest BCUT2D eigenvalue weighted by Gasteiger charge is -2.16. The molecule has 2 aliphatic rings. The summed E-state index contributed by atoms with van der Waals surface area (Å²) in [6.45, 7) is 1.49.